The molecule has 2 aromatic carbocycles. The Bertz CT molecular complexity index is 685. The van der Waals surface area contributed by atoms with Gasteiger partial charge in [0, 0.05) is 19.7 Å². The number of rotatable bonds is 4. The minimum atomic E-state index is -0.0492. The number of hydrogen-bond donors (Lipinski definition) is 2. The molecular formula is C21H26N2O2. The number of aliphatic hydroxyl groups is 1. The Kier molecular flexibility index (Phi) is 5.71. The van der Waals surface area contributed by atoms with Crippen molar-refractivity contribution in [2.24, 2.45) is 5.92 Å². The van der Waals surface area contributed by atoms with E-state index in [1.54, 1.807) is 0 Å². The Morgan fingerprint density at radius 2 is 1.84 bits per heavy atom. The third kappa shape index (κ3) is 4.40. The van der Waals surface area contributed by atoms with Crippen LogP contribution in [0.25, 0.3) is 11.1 Å². The SMILES string of the molecule is CC(NC(=O)N1CCCC(CO)C1)c1ccc(-c2ccccc2)cc1. The van der Waals surface area contributed by atoms with Crippen molar-refractivity contribution in [2.75, 3.05) is 19.7 Å². The van der Waals surface area contributed by atoms with Crippen molar-refractivity contribution in [3.05, 3.63) is 60.2 Å². The minimum Gasteiger partial charge on any atom is -0.396 e. The van der Waals surface area contributed by atoms with Gasteiger partial charge in [-0.25, -0.2) is 4.79 Å². The van der Waals surface area contributed by atoms with Crippen LogP contribution in [-0.2, 0) is 0 Å². The normalized spacial score (nSPS) is 18.6. The average Bonchev–Trinajstić information content (AvgIpc) is 2.68. The number of nitrogens with one attached hydrogen (secondary N) is 1. The molecule has 25 heavy (non-hydrogen) atoms. The number of carbonyl (C=O) groups is 1. The molecule has 1 saturated heterocycles. The summed E-state index contributed by atoms with van der Waals surface area (Å²) in [5.74, 6) is 0.208. The molecule has 3 rings (SSSR count). The molecule has 4 heteroatoms. The molecule has 0 aromatic heterocycles. The van der Waals surface area contributed by atoms with Crippen LogP contribution in [0.5, 0.6) is 0 Å². The van der Waals surface area contributed by atoms with E-state index in [0.29, 0.717) is 6.54 Å². The zero-order valence-electron chi connectivity index (χ0n) is 14.7. The molecule has 1 fully saturated rings. The van der Waals surface area contributed by atoms with Crippen LogP contribution in [0, 0.1) is 5.92 Å². The second-order valence-electron chi connectivity index (χ2n) is 6.80. The zero-order chi connectivity index (χ0) is 17.6. The number of hydrogen-bond acceptors (Lipinski definition) is 2. The fourth-order valence-corrected chi connectivity index (χ4v) is 3.35. The minimum absolute atomic E-state index is 0.0437. The second kappa shape index (κ2) is 8.17. The molecule has 2 amide bonds. The monoisotopic (exact) mass is 338 g/mol. The third-order valence-corrected chi connectivity index (χ3v) is 4.92. The summed E-state index contributed by atoms with van der Waals surface area (Å²) >= 11 is 0. The number of nitrogens with zero attached hydrogens (tertiary/aromatic N) is 1. The summed E-state index contributed by atoms with van der Waals surface area (Å²) in [6.45, 7) is 3.56. The van der Waals surface area contributed by atoms with Gasteiger partial charge >= 0.3 is 6.03 Å². The Morgan fingerprint density at radius 1 is 1.16 bits per heavy atom. The maximum absolute atomic E-state index is 12.5. The van der Waals surface area contributed by atoms with Crippen LogP contribution in [0.1, 0.15) is 31.4 Å². The molecule has 2 unspecified atom stereocenters. The van der Waals surface area contributed by atoms with Gasteiger partial charge in [-0.2, -0.15) is 0 Å². The third-order valence-electron chi connectivity index (χ3n) is 4.92. The summed E-state index contributed by atoms with van der Waals surface area (Å²) in [5, 5.41) is 12.4. The highest BCUT2D eigenvalue weighted by Crippen LogP contribution is 2.22. The van der Waals surface area contributed by atoms with E-state index in [2.05, 4.69) is 41.7 Å². The molecule has 2 N–H and O–H groups in total. The highest BCUT2D eigenvalue weighted by atomic mass is 16.3. The van der Waals surface area contributed by atoms with Gasteiger partial charge in [-0.3, -0.25) is 0 Å². The van der Waals surface area contributed by atoms with Crippen molar-refractivity contribution < 1.29 is 9.90 Å². The number of carbonyl (C=O) groups excluding carboxylic acids is 1. The zero-order valence-corrected chi connectivity index (χ0v) is 14.7. The number of amides is 2. The van der Waals surface area contributed by atoms with Gasteiger partial charge in [0.2, 0.25) is 0 Å². The maximum Gasteiger partial charge on any atom is 0.317 e. The molecule has 2 aromatic rings. The molecule has 0 radical (unpaired) electrons. The number of benzene rings is 2. The molecule has 132 valence electrons. The van der Waals surface area contributed by atoms with Crippen molar-refractivity contribution in [3.8, 4) is 11.1 Å². The fraction of sp³-hybridized carbons (Fsp3) is 0.381. The van der Waals surface area contributed by atoms with E-state index < -0.39 is 0 Å². The Hall–Kier alpha value is -2.33. The average molecular weight is 338 g/mol. The lowest BCUT2D eigenvalue weighted by molar-refractivity contribution is 0.128. The first-order valence-corrected chi connectivity index (χ1v) is 8.99. The summed E-state index contributed by atoms with van der Waals surface area (Å²) < 4.78 is 0. The maximum atomic E-state index is 12.5. The van der Waals surface area contributed by atoms with Gasteiger partial charge in [0.05, 0.1) is 6.04 Å². The van der Waals surface area contributed by atoms with Crippen molar-refractivity contribution >= 4 is 6.03 Å². The molecule has 0 saturated carbocycles. The van der Waals surface area contributed by atoms with Crippen LogP contribution < -0.4 is 5.32 Å². The van der Waals surface area contributed by atoms with Gasteiger partial charge in [0.1, 0.15) is 0 Å². The summed E-state index contributed by atoms with van der Waals surface area (Å²) in [7, 11) is 0. The summed E-state index contributed by atoms with van der Waals surface area (Å²) in [4.78, 5) is 14.3. The van der Waals surface area contributed by atoms with E-state index in [1.165, 1.54) is 11.1 Å². The summed E-state index contributed by atoms with van der Waals surface area (Å²) in [5.41, 5.74) is 3.45. The van der Waals surface area contributed by atoms with Gasteiger partial charge in [-0.15, -0.1) is 0 Å². The Morgan fingerprint density at radius 3 is 2.52 bits per heavy atom. The van der Waals surface area contributed by atoms with Crippen LogP contribution in [0.4, 0.5) is 4.79 Å². The number of aliphatic hydroxyl groups excluding tert-OH is 1. The molecule has 2 atom stereocenters. The molecule has 4 nitrogen and oxygen atoms in total. The Labute approximate surface area is 149 Å². The van der Waals surface area contributed by atoms with Crippen LogP contribution >= 0.6 is 0 Å². The van der Waals surface area contributed by atoms with Crippen molar-refractivity contribution in [3.63, 3.8) is 0 Å². The van der Waals surface area contributed by atoms with Gasteiger partial charge in [0.15, 0.2) is 0 Å². The molecule has 0 aliphatic carbocycles. The van der Waals surface area contributed by atoms with E-state index in [9.17, 15) is 9.90 Å². The molecule has 1 aliphatic heterocycles. The van der Waals surface area contributed by atoms with Gasteiger partial charge in [0.25, 0.3) is 0 Å². The highest BCUT2D eigenvalue weighted by molar-refractivity contribution is 5.75. The van der Waals surface area contributed by atoms with Crippen LogP contribution in [-0.4, -0.2) is 35.7 Å². The number of urea groups is 1. The van der Waals surface area contributed by atoms with E-state index in [1.807, 2.05) is 30.0 Å². The summed E-state index contributed by atoms with van der Waals surface area (Å²) in [6.07, 6.45) is 1.95. The second-order valence-corrected chi connectivity index (χ2v) is 6.80. The van der Waals surface area contributed by atoms with Gasteiger partial charge in [-0.1, -0.05) is 54.6 Å². The first kappa shape index (κ1) is 17.5. The van der Waals surface area contributed by atoms with Crippen molar-refractivity contribution in [1.29, 1.82) is 0 Å². The van der Waals surface area contributed by atoms with E-state index in [-0.39, 0.29) is 24.6 Å². The lowest BCUT2D eigenvalue weighted by Gasteiger charge is -2.32. The van der Waals surface area contributed by atoms with E-state index in [4.69, 9.17) is 0 Å². The summed E-state index contributed by atoms with van der Waals surface area (Å²) in [6, 6.07) is 18.5. The van der Waals surface area contributed by atoms with Gasteiger partial charge < -0.3 is 15.3 Å². The fourth-order valence-electron chi connectivity index (χ4n) is 3.35. The van der Waals surface area contributed by atoms with E-state index >= 15 is 0 Å². The molecule has 0 bridgehead atoms. The quantitative estimate of drug-likeness (QED) is 0.890. The first-order chi connectivity index (χ1) is 12.2. The van der Waals surface area contributed by atoms with Crippen LogP contribution in [0.2, 0.25) is 0 Å². The van der Waals surface area contributed by atoms with Crippen molar-refractivity contribution in [2.45, 2.75) is 25.8 Å². The topological polar surface area (TPSA) is 52.6 Å². The predicted octanol–water partition coefficient (Wildman–Crippen LogP) is 3.83. The highest BCUT2D eigenvalue weighted by Gasteiger charge is 2.24. The van der Waals surface area contributed by atoms with Gasteiger partial charge in [-0.05, 0) is 42.4 Å². The number of piperidine rings is 1. The predicted molar refractivity (Wildman–Crippen MR) is 100 cm³/mol. The smallest absolute Gasteiger partial charge is 0.317 e. The molecule has 0 spiro atoms. The number of likely N-dealkylation sites (tertiary alicyclic amines) is 1. The first-order valence-electron chi connectivity index (χ1n) is 8.99. The van der Waals surface area contributed by atoms with Crippen LogP contribution in [0.3, 0.4) is 0 Å². The molecule has 1 heterocycles. The Balaban J connectivity index is 1.61. The van der Waals surface area contributed by atoms with Crippen LogP contribution in [0.15, 0.2) is 54.6 Å². The van der Waals surface area contributed by atoms with Crippen molar-refractivity contribution in [1.82, 2.24) is 10.2 Å². The largest absolute Gasteiger partial charge is 0.396 e. The lowest BCUT2D eigenvalue weighted by Crippen LogP contribution is -2.46. The lowest BCUT2D eigenvalue weighted by atomic mass is 9.99. The standard InChI is InChI=1S/C21H26N2O2/c1-16(22-21(25)23-13-5-6-17(14-23)15-24)18-9-11-20(12-10-18)19-7-3-2-4-8-19/h2-4,7-12,16-17,24H,5-6,13-15H2,1H3,(H,22,25). The molecule has 1 aliphatic rings. The molecular weight excluding hydrogens is 312 g/mol. The van der Waals surface area contributed by atoms with E-state index in [0.717, 1.165) is 24.9 Å².